The molecule has 1 saturated carbocycles. The van der Waals surface area contributed by atoms with E-state index >= 15 is 0 Å². The molecule has 19 heavy (non-hydrogen) atoms. The topological polar surface area (TPSA) is 66.4 Å². The van der Waals surface area contributed by atoms with Crippen LogP contribution in [0.15, 0.2) is 35.2 Å². The lowest BCUT2D eigenvalue weighted by atomic mass is 9.85. The molecule has 0 radical (unpaired) electrons. The summed E-state index contributed by atoms with van der Waals surface area (Å²) < 4.78 is 27.1. The summed E-state index contributed by atoms with van der Waals surface area (Å²) in [4.78, 5) is 0.250. The van der Waals surface area contributed by atoms with Gasteiger partial charge in [-0.3, -0.25) is 0 Å². The number of aliphatic hydroxyl groups excluding tert-OH is 1. The summed E-state index contributed by atoms with van der Waals surface area (Å²) in [6, 6.07) is 8.02. The van der Waals surface area contributed by atoms with E-state index in [1.807, 2.05) is 0 Å². The molecule has 0 heterocycles. The molecular weight excluding hydrogens is 286 g/mol. The fraction of sp³-hybridized carbons (Fsp3) is 0.538. The van der Waals surface area contributed by atoms with E-state index in [0.29, 0.717) is 12.8 Å². The second kappa shape index (κ2) is 6.22. The van der Waals surface area contributed by atoms with Gasteiger partial charge in [0.05, 0.1) is 4.90 Å². The predicted octanol–water partition coefficient (Wildman–Crippen LogP) is 1.73. The van der Waals surface area contributed by atoms with Gasteiger partial charge in [-0.15, -0.1) is 11.6 Å². The van der Waals surface area contributed by atoms with Gasteiger partial charge >= 0.3 is 0 Å². The number of rotatable bonds is 4. The minimum Gasteiger partial charge on any atom is -0.396 e. The van der Waals surface area contributed by atoms with Crippen LogP contribution in [0.2, 0.25) is 0 Å². The molecule has 6 heteroatoms. The molecule has 1 aliphatic carbocycles. The van der Waals surface area contributed by atoms with E-state index in [1.165, 1.54) is 0 Å². The minimum absolute atomic E-state index is 0.0228. The normalized spacial score (nSPS) is 28.2. The van der Waals surface area contributed by atoms with Gasteiger partial charge in [0, 0.05) is 18.0 Å². The number of aliphatic hydroxyl groups is 1. The lowest BCUT2D eigenvalue weighted by Gasteiger charge is -2.33. The molecule has 0 bridgehead atoms. The maximum atomic E-state index is 12.2. The predicted molar refractivity (Wildman–Crippen MR) is 74.6 cm³/mol. The largest absolute Gasteiger partial charge is 0.396 e. The first kappa shape index (κ1) is 14.8. The highest BCUT2D eigenvalue weighted by Crippen LogP contribution is 2.29. The first-order valence-electron chi connectivity index (χ1n) is 6.35. The molecule has 0 aliphatic heterocycles. The Hall–Kier alpha value is -0.620. The lowest BCUT2D eigenvalue weighted by Crippen LogP contribution is -2.45. The molecule has 1 fully saturated rings. The van der Waals surface area contributed by atoms with Crippen molar-refractivity contribution in [3.05, 3.63) is 30.3 Å². The molecule has 106 valence electrons. The van der Waals surface area contributed by atoms with Crippen molar-refractivity contribution in [2.45, 2.75) is 35.6 Å². The van der Waals surface area contributed by atoms with Gasteiger partial charge in [-0.1, -0.05) is 18.2 Å². The van der Waals surface area contributed by atoms with Gasteiger partial charge in [-0.05, 0) is 37.3 Å². The van der Waals surface area contributed by atoms with Crippen molar-refractivity contribution in [2.75, 3.05) is 6.61 Å². The van der Waals surface area contributed by atoms with Gasteiger partial charge < -0.3 is 5.11 Å². The van der Waals surface area contributed by atoms with Crippen LogP contribution in [0.3, 0.4) is 0 Å². The molecule has 0 spiro atoms. The van der Waals surface area contributed by atoms with E-state index in [1.54, 1.807) is 30.3 Å². The summed E-state index contributed by atoms with van der Waals surface area (Å²) in [5.74, 6) is -0.116. The second-order valence-electron chi connectivity index (χ2n) is 4.89. The summed E-state index contributed by atoms with van der Waals surface area (Å²) in [5, 5.41) is 9.38. The highest BCUT2D eigenvalue weighted by molar-refractivity contribution is 7.89. The minimum atomic E-state index is -3.52. The summed E-state index contributed by atoms with van der Waals surface area (Å²) in [5.41, 5.74) is 0. The molecule has 0 amide bonds. The first-order chi connectivity index (χ1) is 9.03. The zero-order valence-corrected chi connectivity index (χ0v) is 12.1. The molecule has 4 nitrogen and oxygen atoms in total. The molecule has 3 unspecified atom stereocenters. The first-order valence-corrected chi connectivity index (χ1v) is 8.27. The van der Waals surface area contributed by atoms with Gasteiger partial charge in [-0.25, -0.2) is 13.1 Å². The maximum absolute atomic E-state index is 12.2. The van der Waals surface area contributed by atoms with Crippen LogP contribution in [0.25, 0.3) is 0 Å². The molecule has 1 aromatic carbocycles. The highest BCUT2D eigenvalue weighted by atomic mass is 35.5. The van der Waals surface area contributed by atoms with Crippen molar-refractivity contribution < 1.29 is 13.5 Å². The summed E-state index contributed by atoms with van der Waals surface area (Å²) in [6.07, 6.45) is 2.06. The average Bonchev–Trinajstić information content (AvgIpc) is 2.41. The number of nitrogens with one attached hydrogen (secondary N) is 1. The maximum Gasteiger partial charge on any atom is 0.240 e. The quantitative estimate of drug-likeness (QED) is 0.833. The van der Waals surface area contributed by atoms with Crippen molar-refractivity contribution in [1.29, 1.82) is 0 Å². The van der Waals surface area contributed by atoms with Crippen LogP contribution in [0.5, 0.6) is 0 Å². The molecule has 3 atom stereocenters. The van der Waals surface area contributed by atoms with Crippen LogP contribution >= 0.6 is 11.6 Å². The Labute approximate surface area is 118 Å². The van der Waals surface area contributed by atoms with Crippen LogP contribution in [0.4, 0.5) is 0 Å². The van der Waals surface area contributed by atoms with Crippen molar-refractivity contribution in [2.24, 2.45) is 5.92 Å². The Bertz CT molecular complexity index is 506. The molecule has 1 aliphatic rings. The van der Waals surface area contributed by atoms with Crippen molar-refractivity contribution in [1.82, 2.24) is 4.72 Å². The molecule has 2 rings (SSSR count). The van der Waals surface area contributed by atoms with Gasteiger partial charge in [0.15, 0.2) is 0 Å². The third kappa shape index (κ3) is 3.69. The van der Waals surface area contributed by atoms with Crippen molar-refractivity contribution in [3.63, 3.8) is 0 Å². The van der Waals surface area contributed by atoms with Crippen LogP contribution in [-0.4, -0.2) is 31.6 Å². The van der Waals surface area contributed by atoms with Crippen molar-refractivity contribution >= 4 is 21.6 Å². The van der Waals surface area contributed by atoms with E-state index in [0.717, 1.165) is 6.42 Å². The van der Waals surface area contributed by atoms with Crippen LogP contribution in [-0.2, 0) is 10.0 Å². The third-order valence-electron chi connectivity index (χ3n) is 3.51. The smallest absolute Gasteiger partial charge is 0.240 e. The van der Waals surface area contributed by atoms with Crippen LogP contribution < -0.4 is 4.72 Å². The fourth-order valence-electron chi connectivity index (χ4n) is 2.43. The number of benzene rings is 1. The molecule has 0 saturated heterocycles. The van der Waals surface area contributed by atoms with E-state index in [2.05, 4.69) is 4.72 Å². The monoisotopic (exact) mass is 303 g/mol. The zero-order chi connectivity index (χ0) is 13.9. The van der Waals surface area contributed by atoms with Gasteiger partial charge in [-0.2, -0.15) is 0 Å². The lowest BCUT2D eigenvalue weighted by molar-refractivity contribution is 0.165. The van der Waals surface area contributed by atoms with Gasteiger partial charge in [0.1, 0.15) is 0 Å². The Kier molecular flexibility index (Phi) is 4.84. The molecule has 1 aromatic rings. The number of sulfonamides is 1. The number of hydrogen-bond acceptors (Lipinski definition) is 3. The Morgan fingerprint density at radius 2 is 1.95 bits per heavy atom. The van der Waals surface area contributed by atoms with E-state index in [9.17, 15) is 13.5 Å². The Balaban J connectivity index is 2.12. The average molecular weight is 304 g/mol. The highest BCUT2D eigenvalue weighted by Gasteiger charge is 2.32. The molecule has 2 N–H and O–H groups in total. The SMILES string of the molecule is O=S(=O)(NC1CCC(Cl)CC1CO)c1ccccc1. The van der Waals surface area contributed by atoms with E-state index in [4.69, 9.17) is 11.6 Å². The number of alkyl halides is 1. The van der Waals surface area contributed by atoms with E-state index < -0.39 is 10.0 Å². The van der Waals surface area contributed by atoms with Crippen molar-refractivity contribution in [3.8, 4) is 0 Å². The standard InChI is InChI=1S/C13H18ClNO3S/c14-11-6-7-13(10(8-11)9-16)15-19(17,18)12-4-2-1-3-5-12/h1-5,10-11,13,15-16H,6-9H2. The summed E-state index contributed by atoms with van der Waals surface area (Å²) in [6.45, 7) is -0.0504. The Morgan fingerprint density at radius 3 is 2.58 bits per heavy atom. The summed E-state index contributed by atoms with van der Waals surface area (Å²) >= 11 is 6.06. The van der Waals surface area contributed by atoms with Crippen LogP contribution in [0.1, 0.15) is 19.3 Å². The fourth-order valence-corrected chi connectivity index (χ4v) is 4.15. The van der Waals surface area contributed by atoms with Crippen LogP contribution in [0, 0.1) is 5.92 Å². The Morgan fingerprint density at radius 1 is 1.26 bits per heavy atom. The number of hydrogen-bond donors (Lipinski definition) is 2. The zero-order valence-electron chi connectivity index (χ0n) is 10.5. The van der Waals surface area contributed by atoms with E-state index in [-0.39, 0.29) is 28.8 Å². The molecule has 0 aromatic heterocycles. The van der Waals surface area contributed by atoms with Gasteiger partial charge in [0.2, 0.25) is 10.0 Å². The summed E-state index contributed by atoms with van der Waals surface area (Å²) in [7, 11) is -3.52. The van der Waals surface area contributed by atoms with Gasteiger partial charge in [0.25, 0.3) is 0 Å². The second-order valence-corrected chi connectivity index (χ2v) is 7.23. The number of halogens is 1. The third-order valence-corrected chi connectivity index (χ3v) is 5.42. The molecular formula is C13H18ClNO3S.